The van der Waals surface area contributed by atoms with Crippen molar-refractivity contribution in [2.45, 2.75) is 43.6 Å². The summed E-state index contributed by atoms with van der Waals surface area (Å²) in [6, 6.07) is 10.6. The molecule has 1 aromatic heterocycles. The van der Waals surface area contributed by atoms with Crippen molar-refractivity contribution in [3.8, 4) is 0 Å². The summed E-state index contributed by atoms with van der Waals surface area (Å²) in [6.07, 6.45) is 1.94. The summed E-state index contributed by atoms with van der Waals surface area (Å²) < 4.78 is 0. The van der Waals surface area contributed by atoms with E-state index in [2.05, 4.69) is 43.1 Å². The van der Waals surface area contributed by atoms with Gasteiger partial charge in [0.05, 0.1) is 11.1 Å². The lowest BCUT2D eigenvalue weighted by Crippen LogP contribution is -2.29. The molecule has 2 heterocycles. The Balaban J connectivity index is 2.17. The zero-order chi connectivity index (χ0) is 14.9. The van der Waals surface area contributed by atoms with Gasteiger partial charge in [-0.3, -0.25) is 0 Å². The van der Waals surface area contributed by atoms with Crippen LogP contribution in [0.5, 0.6) is 0 Å². The van der Waals surface area contributed by atoms with E-state index in [0.29, 0.717) is 5.15 Å². The zero-order valence-corrected chi connectivity index (χ0v) is 14.0. The van der Waals surface area contributed by atoms with Crippen molar-refractivity contribution in [3.63, 3.8) is 0 Å². The fourth-order valence-electron chi connectivity index (χ4n) is 3.09. The molecular weight excluding hydrogens is 300 g/mol. The minimum absolute atomic E-state index is 0.146. The van der Waals surface area contributed by atoms with E-state index < -0.39 is 0 Å². The van der Waals surface area contributed by atoms with Crippen LogP contribution in [0.4, 0.5) is 0 Å². The number of nitrogens with zero attached hydrogens (tertiary/aromatic N) is 2. The average molecular weight is 319 g/mol. The van der Waals surface area contributed by atoms with Crippen molar-refractivity contribution in [2.75, 3.05) is 0 Å². The molecule has 1 aliphatic heterocycles. The molecule has 0 amide bonds. The van der Waals surface area contributed by atoms with Gasteiger partial charge in [0.2, 0.25) is 0 Å². The lowest BCUT2D eigenvalue weighted by molar-refractivity contribution is 0.447. The number of thioether (sulfide) groups is 1. The number of hydrogen-bond acceptors (Lipinski definition) is 3. The molecule has 0 saturated carbocycles. The summed E-state index contributed by atoms with van der Waals surface area (Å²) in [5.41, 5.74) is 3.38. The number of fused-ring (bicyclic) bond motifs is 1. The first-order chi connectivity index (χ1) is 10.2. The maximum Gasteiger partial charge on any atom is 0.140 e. The molecule has 1 aliphatic rings. The van der Waals surface area contributed by atoms with E-state index >= 15 is 0 Å². The van der Waals surface area contributed by atoms with E-state index in [1.165, 1.54) is 5.56 Å². The Morgan fingerprint density at radius 1 is 1.10 bits per heavy atom. The van der Waals surface area contributed by atoms with E-state index in [1.54, 1.807) is 0 Å². The molecule has 4 heteroatoms. The van der Waals surface area contributed by atoms with Gasteiger partial charge in [-0.05, 0) is 18.4 Å². The number of rotatable bonds is 4. The molecule has 110 valence electrons. The summed E-state index contributed by atoms with van der Waals surface area (Å²) in [5.74, 6) is 2.76. The maximum absolute atomic E-state index is 6.42. The molecule has 2 aromatic rings. The minimum atomic E-state index is -0.146. The van der Waals surface area contributed by atoms with Crippen LogP contribution >= 0.6 is 23.4 Å². The number of halogens is 1. The number of aromatic nitrogens is 2. The lowest BCUT2D eigenvalue weighted by Gasteiger charge is -2.31. The topological polar surface area (TPSA) is 25.8 Å². The summed E-state index contributed by atoms with van der Waals surface area (Å²) >= 11 is 8.28. The highest BCUT2D eigenvalue weighted by Gasteiger charge is 2.35. The third kappa shape index (κ3) is 2.47. The Bertz CT molecular complexity index is 639. The fraction of sp³-hybridized carbons (Fsp3) is 0.412. The number of hydrogen-bond donors (Lipinski definition) is 0. The molecule has 0 atom stereocenters. The summed E-state index contributed by atoms with van der Waals surface area (Å²) in [6.45, 7) is 4.41. The SMILES string of the molecule is CCC(CC)(c1ccccc1)c1nc(Cl)c2c(n1)CSC2. The Kier molecular flexibility index (Phi) is 4.23. The van der Waals surface area contributed by atoms with Gasteiger partial charge in [0.1, 0.15) is 11.0 Å². The van der Waals surface area contributed by atoms with Crippen molar-refractivity contribution in [1.29, 1.82) is 0 Å². The van der Waals surface area contributed by atoms with Crippen molar-refractivity contribution in [3.05, 3.63) is 58.1 Å². The summed E-state index contributed by atoms with van der Waals surface area (Å²) in [4.78, 5) is 9.56. The standard InChI is InChI=1S/C17H19ClN2S/c1-3-17(4-2,12-8-6-5-7-9-12)16-19-14-11-21-10-13(14)15(18)20-16/h5-9H,3-4,10-11H2,1-2H3. The van der Waals surface area contributed by atoms with Crippen molar-refractivity contribution in [2.24, 2.45) is 0 Å². The Hall–Kier alpha value is -1.06. The normalized spacial score (nSPS) is 14.2. The monoisotopic (exact) mass is 318 g/mol. The van der Waals surface area contributed by atoms with Gasteiger partial charge >= 0.3 is 0 Å². The highest BCUT2D eigenvalue weighted by atomic mass is 35.5. The summed E-state index contributed by atoms with van der Waals surface area (Å²) in [7, 11) is 0. The molecule has 0 aliphatic carbocycles. The predicted molar refractivity (Wildman–Crippen MR) is 89.8 cm³/mol. The first-order valence-corrected chi connectivity index (χ1v) is 8.93. The van der Waals surface area contributed by atoms with Crippen LogP contribution in [-0.2, 0) is 16.9 Å². The van der Waals surface area contributed by atoms with Gasteiger partial charge in [0.25, 0.3) is 0 Å². The molecule has 0 N–H and O–H groups in total. The van der Waals surface area contributed by atoms with Crippen LogP contribution in [0.25, 0.3) is 0 Å². The van der Waals surface area contributed by atoms with Crippen molar-refractivity contribution < 1.29 is 0 Å². The van der Waals surface area contributed by atoms with Gasteiger partial charge in [-0.15, -0.1) is 0 Å². The molecule has 0 bridgehead atoms. The largest absolute Gasteiger partial charge is 0.236 e. The Labute approximate surface area is 135 Å². The van der Waals surface area contributed by atoms with Gasteiger partial charge in [-0.1, -0.05) is 55.8 Å². The molecule has 1 aromatic carbocycles. The third-order valence-corrected chi connectivity index (χ3v) is 5.77. The van der Waals surface area contributed by atoms with Crippen LogP contribution in [0.15, 0.2) is 30.3 Å². The minimum Gasteiger partial charge on any atom is -0.236 e. The maximum atomic E-state index is 6.42. The van der Waals surface area contributed by atoms with E-state index in [9.17, 15) is 0 Å². The van der Waals surface area contributed by atoms with Gasteiger partial charge in [0, 0.05) is 17.1 Å². The Morgan fingerprint density at radius 3 is 2.48 bits per heavy atom. The zero-order valence-electron chi connectivity index (χ0n) is 12.4. The van der Waals surface area contributed by atoms with Gasteiger partial charge < -0.3 is 0 Å². The van der Waals surface area contributed by atoms with Crippen LogP contribution in [0, 0.1) is 0 Å². The lowest BCUT2D eigenvalue weighted by atomic mass is 9.75. The molecule has 0 spiro atoms. The molecular formula is C17H19ClN2S. The average Bonchev–Trinajstić information content (AvgIpc) is 2.99. The first-order valence-electron chi connectivity index (χ1n) is 7.40. The second kappa shape index (κ2) is 5.98. The molecule has 0 radical (unpaired) electrons. The fourth-order valence-corrected chi connectivity index (χ4v) is 4.46. The van der Waals surface area contributed by atoms with E-state index in [4.69, 9.17) is 16.6 Å². The van der Waals surface area contributed by atoms with Crippen molar-refractivity contribution in [1.82, 2.24) is 9.97 Å². The molecule has 0 fully saturated rings. The Morgan fingerprint density at radius 2 is 1.81 bits per heavy atom. The quantitative estimate of drug-likeness (QED) is 0.743. The van der Waals surface area contributed by atoms with Crippen LogP contribution in [0.2, 0.25) is 5.15 Å². The van der Waals surface area contributed by atoms with Gasteiger partial charge in [0.15, 0.2) is 0 Å². The highest BCUT2D eigenvalue weighted by molar-refractivity contribution is 7.98. The first kappa shape index (κ1) is 14.9. The van der Waals surface area contributed by atoms with E-state index in [0.717, 1.165) is 41.4 Å². The van der Waals surface area contributed by atoms with Crippen LogP contribution in [-0.4, -0.2) is 9.97 Å². The molecule has 0 saturated heterocycles. The van der Waals surface area contributed by atoms with Crippen LogP contribution in [0.3, 0.4) is 0 Å². The smallest absolute Gasteiger partial charge is 0.140 e. The van der Waals surface area contributed by atoms with E-state index in [-0.39, 0.29) is 5.41 Å². The van der Waals surface area contributed by atoms with E-state index in [1.807, 2.05) is 17.8 Å². The predicted octanol–water partition coefficient (Wildman–Crippen LogP) is 4.98. The molecule has 2 nitrogen and oxygen atoms in total. The van der Waals surface area contributed by atoms with Crippen LogP contribution in [0.1, 0.15) is 49.3 Å². The van der Waals surface area contributed by atoms with Gasteiger partial charge in [-0.25, -0.2) is 9.97 Å². The third-order valence-electron chi connectivity index (χ3n) is 4.49. The number of benzene rings is 1. The van der Waals surface area contributed by atoms with Gasteiger partial charge in [-0.2, -0.15) is 11.8 Å². The van der Waals surface area contributed by atoms with Crippen LogP contribution < -0.4 is 0 Å². The second-order valence-corrected chi connectivity index (χ2v) is 6.75. The molecule has 0 unspecified atom stereocenters. The highest BCUT2D eigenvalue weighted by Crippen LogP contribution is 2.40. The van der Waals surface area contributed by atoms with Crippen molar-refractivity contribution >= 4 is 23.4 Å². The second-order valence-electron chi connectivity index (χ2n) is 5.41. The summed E-state index contributed by atoms with van der Waals surface area (Å²) in [5, 5.41) is 0.641. The molecule has 21 heavy (non-hydrogen) atoms. The molecule has 3 rings (SSSR count).